The molecule has 0 bridgehead atoms. The number of halogens is 3. The van der Waals surface area contributed by atoms with Gasteiger partial charge in [0.15, 0.2) is 3.79 Å². The van der Waals surface area contributed by atoms with Crippen molar-refractivity contribution in [3.05, 3.63) is 6.42 Å². The highest BCUT2D eigenvalue weighted by Crippen LogP contribution is 2.31. The van der Waals surface area contributed by atoms with Gasteiger partial charge < -0.3 is 5.11 Å². The van der Waals surface area contributed by atoms with Crippen LogP contribution in [-0.2, 0) is 0 Å². The summed E-state index contributed by atoms with van der Waals surface area (Å²) in [5, 5.41) is 9.08. The van der Waals surface area contributed by atoms with Crippen LogP contribution in [0.1, 0.15) is 19.8 Å². The van der Waals surface area contributed by atoms with E-state index in [2.05, 4.69) is 0 Å². The van der Waals surface area contributed by atoms with Gasteiger partial charge in [0.1, 0.15) is 0 Å². The molecule has 1 unspecified atom stereocenters. The van der Waals surface area contributed by atoms with Crippen LogP contribution in [0.3, 0.4) is 0 Å². The lowest BCUT2D eigenvalue weighted by molar-refractivity contribution is 0.193. The number of hydrogen-bond acceptors (Lipinski definition) is 1. The summed E-state index contributed by atoms with van der Waals surface area (Å²) in [5.41, 5.74) is 0. The molecule has 0 aromatic carbocycles. The second-order valence-electron chi connectivity index (χ2n) is 2.06. The Morgan fingerprint density at radius 3 is 2.30 bits per heavy atom. The highest BCUT2D eigenvalue weighted by atomic mass is 35.6. The first-order chi connectivity index (χ1) is 4.45. The maximum absolute atomic E-state index is 9.08. The van der Waals surface area contributed by atoms with Gasteiger partial charge >= 0.3 is 0 Å². The molecule has 0 heterocycles. The highest BCUT2D eigenvalue weighted by Gasteiger charge is 2.23. The van der Waals surface area contributed by atoms with Crippen molar-refractivity contribution in [2.24, 2.45) is 0 Å². The Kier molecular flexibility index (Phi) is 5.04. The molecule has 1 nitrogen and oxygen atoms in total. The lowest BCUT2D eigenvalue weighted by Gasteiger charge is -2.14. The molecule has 10 heavy (non-hydrogen) atoms. The average molecular weight is 205 g/mol. The third kappa shape index (κ3) is 6.94. The fourth-order valence-electron chi connectivity index (χ4n) is 0.597. The fraction of sp³-hybridized carbons (Fsp3) is 0.833. The molecule has 0 aliphatic rings. The van der Waals surface area contributed by atoms with Gasteiger partial charge in [0.05, 0.1) is 6.10 Å². The van der Waals surface area contributed by atoms with Crippen molar-refractivity contribution in [3.63, 3.8) is 0 Å². The van der Waals surface area contributed by atoms with Gasteiger partial charge in [-0.1, -0.05) is 48.1 Å². The van der Waals surface area contributed by atoms with Gasteiger partial charge in [-0.25, -0.2) is 0 Å². The van der Waals surface area contributed by atoms with Gasteiger partial charge in [-0.3, -0.25) is 0 Å². The van der Waals surface area contributed by atoms with Gasteiger partial charge in [-0.15, -0.1) is 0 Å². The Hall–Kier alpha value is 0.830. The van der Waals surface area contributed by atoms with Gasteiger partial charge in [-0.05, 0) is 6.42 Å². The van der Waals surface area contributed by atoms with Crippen LogP contribution in [0.5, 0.6) is 0 Å². The zero-order valence-electron chi connectivity index (χ0n) is 5.65. The quantitative estimate of drug-likeness (QED) is 0.701. The molecule has 1 N–H and O–H groups in total. The first kappa shape index (κ1) is 10.8. The minimum Gasteiger partial charge on any atom is -0.393 e. The van der Waals surface area contributed by atoms with Crippen LogP contribution in [0.2, 0.25) is 0 Å². The van der Waals surface area contributed by atoms with Crippen LogP contribution < -0.4 is 0 Å². The lowest BCUT2D eigenvalue weighted by atomic mass is 10.2. The topological polar surface area (TPSA) is 20.2 Å². The summed E-state index contributed by atoms with van der Waals surface area (Å²) in [6, 6.07) is 0. The Bertz CT molecular complexity index is 89.5. The Balaban J connectivity index is 3.47. The van der Waals surface area contributed by atoms with E-state index in [0.29, 0.717) is 6.42 Å². The van der Waals surface area contributed by atoms with Crippen LogP contribution in [-0.4, -0.2) is 15.0 Å². The molecule has 0 saturated heterocycles. The molecule has 0 aliphatic heterocycles. The Morgan fingerprint density at radius 1 is 1.50 bits per heavy atom. The molecular weight excluding hydrogens is 194 g/mol. The Labute approximate surface area is 76.3 Å². The monoisotopic (exact) mass is 203 g/mol. The molecule has 4 heteroatoms. The maximum Gasteiger partial charge on any atom is 0.196 e. The lowest BCUT2D eigenvalue weighted by Crippen LogP contribution is -2.17. The fourth-order valence-corrected chi connectivity index (χ4v) is 1.03. The molecule has 0 rings (SSSR count). The van der Waals surface area contributed by atoms with Crippen molar-refractivity contribution in [2.45, 2.75) is 29.7 Å². The van der Waals surface area contributed by atoms with Crippen LogP contribution >= 0.6 is 34.8 Å². The van der Waals surface area contributed by atoms with E-state index in [9.17, 15) is 0 Å². The predicted octanol–water partition coefficient (Wildman–Crippen LogP) is 2.72. The van der Waals surface area contributed by atoms with E-state index in [-0.39, 0.29) is 0 Å². The largest absolute Gasteiger partial charge is 0.393 e. The first-order valence-electron chi connectivity index (χ1n) is 3.06. The normalized spacial score (nSPS) is 15.3. The third-order valence-electron chi connectivity index (χ3n) is 0.966. The molecule has 0 saturated carbocycles. The van der Waals surface area contributed by atoms with Crippen molar-refractivity contribution in [1.29, 1.82) is 0 Å². The molecule has 0 amide bonds. The van der Waals surface area contributed by atoms with Crippen molar-refractivity contribution in [3.8, 4) is 0 Å². The van der Waals surface area contributed by atoms with E-state index >= 15 is 0 Å². The number of aliphatic hydroxyl groups excluding tert-OH is 1. The maximum atomic E-state index is 9.08. The van der Waals surface area contributed by atoms with Gasteiger partial charge in [0.25, 0.3) is 0 Å². The Morgan fingerprint density at radius 2 is 2.00 bits per heavy atom. The SMILES string of the molecule is CCCC(O)[CH]C(Cl)(Cl)Cl. The minimum absolute atomic E-state index is 0.613. The third-order valence-corrected chi connectivity index (χ3v) is 1.34. The number of rotatable bonds is 3. The molecule has 0 aromatic heterocycles. The van der Waals surface area contributed by atoms with E-state index < -0.39 is 9.90 Å². The van der Waals surface area contributed by atoms with E-state index in [1.165, 1.54) is 6.42 Å². The summed E-state index contributed by atoms with van der Waals surface area (Å²) >= 11 is 16.1. The summed E-state index contributed by atoms with van der Waals surface area (Å²) < 4.78 is -1.44. The second-order valence-corrected chi connectivity index (χ2v) is 4.43. The summed E-state index contributed by atoms with van der Waals surface area (Å²) in [5.74, 6) is 0. The minimum atomic E-state index is -1.44. The first-order valence-corrected chi connectivity index (χ1v) is 4.20. The molecule has 0 spiro atoms. The van der Waals surface area contributed by atoms with E-state index in [1.807, 2.05) is 6.92 Å². The smallest absolute Gasteiger partial charge is 0.196 e. The zero-order valence-corrected chi connectivity index (χ0v) is 7.92. The van der Waals surface area contributed by atoms with E-state index in [1.54, 1.807) is 0 Å². The standard InChI is InChI=1S/C6H10Cl3O/c1-2-3-5(10)4-6(7,8)9/h4-5,10H,2-3H2,1H3. The van der Waals surface area contributed by atoms with Crippen molar-refractivity contribution in [2.75, 3.05) is 0 Å². The van der Waals surface area contributed by atoms with Gasteiger partial charge in [0.2, 0.25) is 0 Å². The summed E-state index contributed by atoms with van der Waals surface area (Å²) in [4.78, 5) is 0. The average Bonchev–Trinajstić information content (AvgIpc) is 1.59. The summed E-state index contributed by atoms with van der Waals surface area (Å²) in [7, 11) is 0. The van der Waals surface area contributed by atoms with Gasteiger partial charge in [0, 0.05) is 6.42 Å². The van der Waals surface area contributed by atoms with Crippen LogP contribution in [0.15, 0.2) is 0 Å². The van der Waals surface area contributed by atoms with Crippen molar-refractivity contribution >= 4 is 34.8 Å². The van der Waals surface area contributed by atoms with E-state index in [4.69, 9.17) is 39.9 Å². The molecule has 0 aliphatic carbocycles. The van der Waals surface area contributed by atoms with Crippen LogP contribution in [0.4, 0.5) is 0 Å². The highest BCUT2D eigenvalue weighted by molar-refractivity contribution is 6.68. The van der Waals surface area contributed by atoms with Crippen LogP contribution in [0, 0.1) is 6.42 Å². The summed E-state index contributed by atoms with van der Waals surface area (Å²) in [6.45, 7) is 1.95. The number of aliphatic hydroxyl groups is 1. The molecular formula is C6H10Cl3O. The molecule has 1 radical (unpaired) electrons. The van der Waals surface area contributed by atoms with Crippen molar-refractivity contribution < 1.29 is 5.11 Å². The summed E-state index contributed by atoms with van der Waals surface area (Å²) in [6.07, 6.45) is 2.19. The second kappa shape index (κ2) is 4.66. The van der Waals surface area contributed by atoms with Crippen molar-refractivity contribution in [1.82, 2.24) is 0 Å². The molecule has 0 fully saturated rings. The van der Waals surface area contributed by atoms with Crippen LogP contribution in [0.25, 0.3) is 0 Å². The predicted molar refractivity (Wildman–Crippen MR) is 45.5 cm³/mol. The number of alkyl halides is 3. The molecule has 0 aromatic rings. The van der Waals surface area contributed by atoms with E-state index in [0.717, 1.165) is 6.42 Å². The zero-order chi connectivity index (χ0) is 8.20. The number of hydrogen-bond donors (Lipinski definition) is 1. The van der Waals surface area contributed by atoms with Gasteiger partial charge in [-0.2, -0.15) is 0 Å². The molecule has 1 atom stereocenters. The molecule has 61 valence electrons.